The van der Waals surface area contributed by atoms with E-state index in [1.165, 1.54) is 10.9 Å². The Hall–Kier alpha value is -2.28. The lowest BCUT2D eigenvalue weighted by Crippen LogP contribution is -2.26. The van der Waals surface area contributed by atoms with Gasteiger partial charge in [-0.15, -0.1) is 0 Å². The van der Waals surface area contributed by atoms with Crippen molar-refractivity contribution in [2.24, 2.45) is 0 Å². The Balaban J connectivity index is -0.0000000425. The van der Waals surface area contributed by atoms with E-state index in [4.69, 9.17) is 0 Å². The van der Waals surface area contributed by atoms with Crippen molar-refractivity contribution in [1.29, 1.82) is 0 Å². The van der Waals surface area contributed by atoms with Crippen LogP contribution in [-0.2, 0) is 0 Å². The summed E-state index contributed by atoms with van der Waals surface area (Å²) in [6.07, 6.45) is 0. The number of hydrogen-bond acceptors (Lipinski definition) is 0. The molecule has 0 spiro atoms. The standard InChI is InChI=1S/C12H10B.C6H6.10C2H6/c1-3-7-11(8-4-1)13-12-9-5-2-6-10-12;1-2-4-6-5-3-1;10*1-2/h1-10H;1-6H;10*1-2H3. The van der Waals surface area contributed by atoms with Crippen LogP contribution in [0.1, 0.15) is 138 Å². The number of benzene rings is 3. The molecule has 0 saturated heterocycles. The van der Waals surface area contributed by atoms with Crippen LogP contribution in [0.3, 0.4) is 0 Å². The predicted molar refractivity (Wildman–Crippen MR) is 198 cm³/mol. The third-order valence-corrected chi connectivity index (χ3v) is 2.60. The van der Waals surface area contributed by atoms with E-state index in [2.05, 4.69) is 55.8 Å². The molecule has 0 heterocycles. The maximum Gasteiger partial charge on any atom is 0.191 e. The van der Waals surface area contributed by atoms with E-state index >= 15 is 0 Å². The summed E-state index contributed by atoms with van der Waals surface area (Å²) < 4.78 is 0. The molecular weight excluding hydrogens is 467 g/mol. The Bertz CT molecular complexity index is 484. The molecule has 0 aliphatic carbocycles. The van der Waals surface area contributed by atoms with Crippen LogP contribution in [0.15, 0.2) is 97.1 Å². The molecule has 0 saturated carbocycles. The fraction of sp³-hybridized carbons (Fsp3) is 0.526. The zero-order valence-corrected chi connectivity index (χ0v) is 30.8. The van der Waals surface area contributed by atoms with Gasteiger partial charge in [-0.3, -0.25) is 0 Å². The molecule has 3 aromatic rings. The average Bonchev–Trinajstić information content (AvgIpc) is 3.12. The molecule has 231 valence electrons. The molecule has 0 aromatic heterocycles. The third-order valence-electron chi connectivity index (χ3n) is 2.60. The number of hydrogen-bond donors (Lipinski definition) is 0. The highest BCUT2D eigenvalue weighted by molar-refractivity contribution is 6.67. The van der Waals surface area contributed by atoms with Gasteiger partial charge in [0.1, 0.15) is 0 Å². The molecule has 0 amide bonds. The Morgan fingerprint density at radius 1 is 0.231 bits per heavy atom. The number of rotatable bonds is 2. The highest BCUT2D eigenvalue weighted by Gasteiger charge is 1.95. The molecule has 39 heavy (non-hydrogen) atoms. The maximum absolute atomic E-state index is 2.17. The van der Waals surface area contributed by atoms with E-state index in [1.54, 1.807) is 0 Å². The summed E-state index contributed by atoms with van der Waals surface area (Å²) in [4.78, 5) is 0. The Morgan fingerprint density at radius 2 is 0.359 bits per heavy atom. The van der Waals surface area contributed by atoms with Crippen molar-refractivity contribution < 1.29 is 0 Å². The topological polar surface area (TPSA) is 0 Å². The molecule has 3 rings (SSSR count). The van der Waals surface area contributed by atoms with Crippen LogP contribution in [0.2, 0.25) is 0 Å². The largest absolute Gasteiger partial charge is 0.191 e. The predicted octanol–water partition coefficient (Wildman–Crippen LogP) is 13.3. The highest BCUT2D eigenvalue weighted by Crippen LogP contribution is 1.84. The van der Waals surface area contributed by atoms with Crippen molar-refractivity contribution in [1.82, 2.24) is 0 Å². The minimum absolute atomic E-state index is 1.24. The molecule has 0 aliphatic heterocycles. The van der Waals surface area contributed by atoms with Gasteiger partial charge in [0, 0.05) is 0 Å². The molecule has 0 nitrogen and oxygen atoms in total. The fourth-order valence-electron chi connectivity index (χ4n) is 1.68. The van der Waals surface area contributed by atoms with Crippen molar-refractivity contribution in [3.8, 4) is 0 Å². The van der Waals surface area contributed by atoms with Crippen LogP contribution in [0.4, 0.5) is 0 Å². The van der Waals surface area contributed by atoms with E-state index in [0.29, 0.717) is 0 Å². The smallest absolute Gasteiger partial charge is 0.0814 e. The van der Waals surface area contributed by atoms with Crippen LogP contribution in [0, 0.1) is 0 Å². The molecule has 0 bridgehead atoms. The van der Waals surface area contributed by atoms with Crippen LogP contribution < -0.4 is 10.9 Å². The first kappa shape index (κ1) is 61.0. The van der Waals surface area contributed by atoms with Gasteiger partial charge in [0.15, 0.2) is 7.28 Å². The van der Waals surface area contributed by atoms with Gasteiger partial charge in [-0.1, -0.05) is 246 Å². The van der Waals surface area contributed by atoms with Crippen molar-refractivity contribution in [2.45, 2.75) is 138 Å². The molecule has 0 fully saturated rings. The lowest BCUT2D eigenvalue weighted by molar-refractivity contribution is 1.50. The van der Waals surface area contributed by atoms with Crippen LogP contribution in [0.25, 0.3) is 0 Å². The summed E-state index contributed by atoms with van der Waals surface area (Å²) in [5, 5.41) is 0. The second kappa shape index (κ2) is 100. The van der Waals surface area contributed by atoms with Crippen molar-refractivity contribution >= 4 is 18.2 Å². The molecule has 0 unspecified atom stereocenters. The monoisotopic (exact) mass is 544 g/mol. The third kappa shape index (κ3) is 72.2. The van der Waals surface area contributed by atoms with Gasteiger partial charge in [-0.2, -0.15) is 0 Å². The van der Waals surface area contributed by atoms with Gasteiger partial charge in [0.2, 0.25) is 0 Å². The van der Waals surface area contributed by atoms with E-state index in [9.17, 15) is 0 Å². The summed E-state index contributed by atoms with van der Waals surface area (Å²) in [7, 11) is 2.17. The second-order valence-electron chi connectivity index (χ2n) is 4.12. The second-order valence-corrected chi connectivity index (χ2v) is 4.12. The lowest BCUT2D eigenvalue weighted by atomic mass is 9.64. The summed E-state index contributed by atoms with van der Waals surface area (Å²) in [6, 6.07) is 32.7. The molecule has 1 heteroatoms. The summed E-state index contributed by atoms with van der Waals surface area (Å²) in [6.45, 7) is 40.0. The molecule has 1 radical (unpaired) electrons. The van der Waals surface area contributed by atoms with Gasteiger partial charge >= 0.3 is 0 Å². The minimum Gasteiger partial charge on any atom is -0.0814 e. The van der Waals surface area contributed by atoms with Crippen LogP contribution >= 0.6 is 0 Å². The van der Waals surface area contributed by atoms with Gasteiger partial charge in [-0.25, -0.2) is 0 Å². The first-order valence-corrected chi connectivity index (χ1v) is 16.4. The van der Waals surface area contributed by atoms with Gasteiger partial charge in [-0.05, 0) is 0 Å². The molecule has 0 atom stereocenters. The summed E-state index contributed by atoms with van der Waals surface area (Å²) in [5.41, 5.74) is 2.49. The first-order valence-electron chi connectivity index (χ1n) is 16.4. The zero-order chi connectivity index (χ0) is 33.2. The molecule has 3 aromatic carbocycles. The zero-order valence-electron chi connectivity index (χ0n) is 30.8. The highest BCUT2D eigenvalue weighted by atomic mass is 13.8. The molecule has 0 N–H and O–H groups in total. The molecule has 0 aliphatic rings. The quantitative estimate of drug-likeness (QED) is 0.282. The lowest BCUT2D eigenvalue weighted by Gasteiger charge is -1.98. The van der Waals surface area contributed by atoms with E-state index in [0.717, 1.165) is 0 Å². The average molecular weight is 544 g/mol. The maximum atomic E-state index is 2.17. The van der Waals surface area contributed by atoms with Crippen molar-refractivity contribution in [3.63, 3.8) is 0 Å². The summed E-state index contributed by atoms with van der Waals surface area (Å²) in [5.74, 6) is 0. The first-order chi connectivity index (χ1) is 19.4. The van der Waals surface area contributed by atoms with E-state index in [-0.39, 0.29) is 0 Å². The van der Waals surface area contributed by atoms with Gasteiger partial charge in [0.25, 0.3) is 0 Å². The normalized spacial score (nSPS) is 5.95. The Morgan fingerprint density at radius 3 is 0.513 bits per heavy atom. The fourth-order valence-corrected chi connectivity index (χ4v) is 1.68. The minimum atomic E-state index is 1.24. The van der Waals surface area contributed by atoms with Gasteiger partial charge in [0.05, 0.1) is 0 Å². The van der Waals surface area contributed by atoms with Crippen LogP contribution in [0.5, 0.6) is 0 Å². The van der Waals surface area contributed by atoms with Crippen molar-refractivity contribution in [2.75, 3.05) is 0 Å². The van der Waals surface area contributed by atoms with Crippen molar-refractivity contribution in [3.05, 3.63) is 97.1 Å². The summed E-state index contributed by atoms with van der Waals surface area (Å²) >= 11 is 0. The Labute approximate surface area is 253 Å². The SMILES string of the molecule is CC.CC.CC.CC.CC.CC.CC.CC.CC.CC.[B](c1ccccc1)c1ccccc1.c1ccccc1. The van der Waals surface area contributed by atoms with Crippen LogP contribution in [-0.4, -0.2) is 7.28 Å². The molecular formula is C38H76B. The van der Waals surface area contributed by atoms with E-state index in [1.807, 2.05) is 187 Å². The van der Waals surface area contributed by atoms with Gasteiger partial charge < -0.3 is 0 Å². The Kier molecular flexibility index (Phi) is 157. The van der Waals surface area contributed by atoms with E-state index < -0.39 is 0 Å².